The number of benzene rings is 2. The number of amides is 1. The Morgan fingerprint density at radius 3 is 2.56 bits per heavy atom. The highest BCUT2D eigenvalue weighted by atomic mass is 16.5. The first-order valence-electron chi connectivity index (χ1n) is 13.1. The maximum Gasteiger partial charge on any atom is 0.349 e. The predicted octanol–water partition coefficient (Wildman–Crippen LogP) is 5.15. The fraction of sp³-hybridized carbons (Fsp3) is 0.448. The zero-order chi connectivity index (χ0) is 24.9. The van der Waals surface area contributed by atoms with E-state index in [9.17, 15) is 9.59 Å². The van der Waals surface area contributed by atoms with Gasteiger partial charge in [-0.25, -0.2) is 4.79 Å². The minimum absolute atomic E-state index is 0.00759. The lowest BCUT2D eigenvalue weighted by molar-refractivity contribution is 0.0342. The van der Waals surface area contributed by atoms with E-state index in [4.69, 9.17) is 13.9 Å². The van der Waals surface area contributed by atoms with Crippen LogP contribution >= 0.6 is 0 Å². The summed E-state index contributed by atoms with van der Waals surface area (Å²) in [7, 11) is 0. The molecular formula is C29H34N2O5. The van der Waals surface area contributed by atoms with Gasteiger partial charge in [0.2, 0.25) is 0 Å². The van der Waals surface area contributed by atoms with Gasteiger partial charge in [-0.05, 0) is 68.0 Å². The number of carbonyl (C=O) groups excluding carboxylic acids is 1. The first-order chi connectivity index (χ1) is 17.6. The van der Waals surface area contributed by atoms with Crippen LogP contribution in [-0.2, 0) is 17.7 Å². The summed E-state index contributed by atoms with van der Waals surface area (Å²) < 4.78 is 17.4. The number of morpholine rings is 1. The van der Waals surface area contributed by atoms with E-state index in [2.05, 4.69) is 17.1 Å². The summed E-state index contributed by atoms with van der Waals surface area (Å²) in [5.74, 6) is 0.309. The number of hydrogen-bond donors (Lipinski definition) is 1. The Hall–Kier alpha value is -3.16. The van der Waals surface area contributed by atoms with Gasteiger partial charge < -0.3 is 19.2 Å². The number of carbonyl (C=O) groups is 1. The highest BCUT2D eigenvalue weighted by Crippen LogP contribution is 2.32. The minimum Gasteiger partial charge on any atom is -0.490 e. The van der Waals surface area contributed by atoms with Crippen molar-refractivity contribution in [2.75, 3.05) is 31.6 Å². The highest BCUT2D eigenvalue weighted by molar-refractivity contribution is 6.05. The Morgan fingerprint density at radius 1 is 1.08 bits per heavy atom. The highest BCUT2D eigenvalue weighted by Gasteiger charge is 2.21. The SMILES string of the molecule is CCCc1c(OC2CCCC2)ccc2cc(C(=O)Nc3ccc(CN4CCOCC4)cc3)c(=O)oc12. The summed E-state index contributed by atoms with van der Waals surface area (Å²) in [5.41, 5.74) is 2.57. The van der Waals surface area contributed by atoms with Crippen LogP contribution in [0.4, 0.5) is 5.69 Å². The minimum atomic E-state index is -0.640. The fourth-order valence-corrected chi connectivity index (χ4v) is 5.07. The van der Waals surface area contributed by atoms with E-state index >= 15 is 0 Å². The molecule has 0 unspecified atom stereocenters. The molecule has 0 radical (unpaired) electrons. The molecule has 2 aliphatic rings. The molecule has 36 heavy (non-hydrogen) atoms. The van der Waals surface area contributed by atoms with Gasteiger partial charge in [0, 0.05) is 36.3 Å². The molecule has 1 saturated carbocycles. The van der Waals surface area contributed by atoms with Crippen LogP contribution in [0.3, 0.4) is 0 Å². The Labute approximate surface area is 211 Å². The van der Waals surface area contributed by atoms with E-state index in [1.54, 1.807) is 6.07 Å². The van der Waals surface area contributed by atoms with Crippen LogP contribution in [0, 0.1) is 0 Å². The summed E-state index contributed by atoms with van der Waals surface area (Å²) >= 11 is 0. The summed E-state index contributed by atoms with van der Waals surface area (Å²) in [6, 6.07) is 13.2. The van der Waals surface area contributed by atoms with Gasteiger partial charge in [-0.2, -0.15) is 0 Å². The zero-order valence-corrected chi connectivity index (χ0v) is 20.9. The van der Waals surface area contributed by atoms with E-state index in [0.29, 0.717) is 11.3 Å². The molecule has 5 rings (SSSR count). The molecule has 1 aliphatic heterocycles. The monoisotopic (exact) mass is 490 g/mol. The Morgan fingerprint density at radius 2 is 1.83 bits per heavy atom. The van der Waals surface area contributed by atoms with Gasteiger partial charge in [0.25, 0.3) is 5.91 Å². The third-order valence-electron chi connectivity index (χ3n) is 7.02. The lowest BCUT2D eigenvalue weighted by Crippen LogP contribution is -2.35. The van der Waals surface area contributed by atoms with Crippen molar-refractivity contribution in [1.29, 1.82) is 0 Å². The van der Waals surface area contributed by atoms with E-state index in [1.165, 1.54) is 18.4 Å². The van der Waals surface area contributed by atoms with Gasteiger partial charge in [-0.1, -0.05) is 25.5 Å². The van der Waals surface area contributed by atoms with Crippen molar-refractivity contribution in [2.45, 2.75) is 58.1 Å². The van der Waals surface area contributed by atoms with Crippen LogP contribution in [0.5, 0.6) is 5.75 Å². The number of anilines is 1. The summed E-state index contributed by atoms with van der Waals surface area (Å²) in [5, 5.41) is 3.56. The third kappa shape index (κ3) is 5.63. The predicted molar refractivity (Wildman–Crippen MR) is 140 cm³/mol. The van der Waals surface area contributed by atoms with Gasteiger partial charge in [0.15, 0.2) is 0 Å². The topological polar surface area (TPSA) is 81.0 Å². The normalized spacial score (nSPS) is 16.9. The number of nitrogens with one attached hydrogen (secondary N) is 1. The number of fused-ring (bicyclic) bond motifs is 1. The van der Waals surface area contributed by atoms with Crippen molar-refractivity contribution in [3.8, 4) is 5.75 Å². The summed E-state index contributed by atoms with van der Waals surface area (Å²) in [4.78, 5) is 28.2. The molecule has 0 atom stereocenters. The molecule has 7 heteroatoms. The number of hydrogen-bond acceptors (Lipinski definition) is 6. The largest absolute Gasteiger partial charge is 0.490 e. The van der Waals surface area contributed by atoms with Crippen LogP contribution < -0.4 is 15.7 Å². The van der Waals surface area contributed by atoms with Crippen molar-refractivity contribution >= 4 is 22.6 Å². The number of rotatable bonds is 8. The van der Waals surface area contributed by atoms with E-state index in [0.717, 1.165) is 75.2 Å². The molecule has 1 saturated heterocycles. The van der Waals surface area contributed by atoms with Crippen LogP contribution in [0.15, 0.2) is 51.7 Å². The van der Waals surface area contributed by atoms with Crippen LogP contribution in [0.1, 0.15) is 60.5 Å². The molecule has 3 aromatic rings. The summed E-state index contributed by atoms with van der Waals surface area (Å²) in [6.07, 6.45) is 6.34. The molecule has 190 valence electrons. The van der Waals surface area contributed by atoms with Gasteiger partial charge in [-0.15, -0.1) is 0 Å². The fourth-order valence-electron chi connectivity index (χ4n) is 5.07. The van der Waals surface area contributed by atoms with E-state index < -0.39 is 11.5 Å². The smallest absolute Gasteiger partial charge is 0.349 e. The van der Waals surface area contributed by atoms with Gasteiger partial charge in [0.05, 0.1) is 19.3 Å². The first-order valence-corrected chi connectivity index (χ1v) is 13.1. The molecular weight excluding hydrogens is 456 g/mol. The maximum atomic E-state index is 13.0. The Bertz CT molecular complexity index is 1260. The second kappa shape index (κ2) is 11.3. The van der Waals surface area contributed by atoms with Crippen molar-refractivity contribution in [1.82, 2.24) is 4.90 Å². The number of nitrogens with zero attached hydrogens (tertiary/aromatic N) is 1. The van der Waals surface area contributed by atoms with Gasteiger partial charge >= 0.3 is 5.63 Å². The molecule has 1 aliphatic carbocycles. The van der Waals surface area contributed by atoms with Gasteiger partial charge in [0.1, 0.15) is 16.9 Å². The molecule has 1 aromatic heterocycles. The zero-order valence-electron chi connectivity index (χ0n) is 20.9. The van der Waals surface area contributed by atoms with Crippen molar-refractivity contribution in [3.05, 3.63) is 69.6 Å². The maximum absolute atomic E-state index is 13.0. The molecule has 1 N–H and O–H groups in total. The van der Waals surface area contributed by atoms with E-state index in [1.807, 2.05) is 36.4 Å². The third-order valence-corrected chi connectivity index (χ3v) is 7.02. The standard InChI is InChI=1S/C29H34N2O5/c1-2-5-24-26(35-23-6-3-4-7-23)13-10-21-18-25(29(33)36-27(21)24)28(32)30-22-11-8-20(9-12-22)19-31-14-16-34-17-15-31/h8-13,18,23H,2-7,14-17,19H2,1H3,(H,30,32). The lowest BCUT2D eigenvalue weighted by atomic mass is 10.0. The van der Waals surface area contributed by atoms with Crippen LogP contribution in [0.2, 0.25) is 0 Å². The van der Waals surface area contributed by atoms with Crippen LogP contribution in [-0.4, -0.2) is 43.2 Å². The number of aryl methyl sites for hydroxylation is 1. The second-order valence-corrected chi connectivity index (χ2v) is 9.72. The van der Waals surface area contributed by atoms with Crippen molar-refractivity contribution in [2.24, 2.45) is 0 Å². The first kappa shape index (κ1) is 24.5. The Balaban J connectivity index is 1.33. The molecule has 1 amide bonds. The molecule has 2 heterocycles. The number of ether oxygens (including phenoxy) is 2. The van der Waals surface area contributed by atoms with E-state index in [-0.39, 0.29) is 11.7 Å². The summed E-state index contributed by atoms with van der Waals surface area (Å²) in [6.45, 7) is 6.30. The van der Waals surface area contributed by atoms with Crippen molar-refractivity contribution in [3.63, 3.8) is 0 Å². The molecule has 2 fully saturated rings. The molecule has 0 spiro atoms. The molecule has 7 nitrogen and oxygen atoms in total. The average Bonchev–Trinajstić information content (AvgIpc) is 3.40. The quantitative estimate of drug-likeness (QED) is 0.440. The second-order valence-electron chi connectivity index (χ2n) is 9.72. The lowest BCUT2D eigenvalue weighted by Gasteiger charge is -2.26. The Kier molecular flexibility index (Phi) is 7.68. The van der Waals surface area contributed by atoms with Crippen LogP contribution in [0.25, 0.3) is 11.0 Å². The molecule has 2 aromatic carbocycles. The average molecular weight is 491 g/mol. The van der Waals surface area contributed by atoms with Crippen molar-refractivity contribution < 1.29 is 18.7 Å². The molecule has 0 bridgehead atoms. The van der Waals surface area contributed by atoms with Gasteiger partial charge in [-0.3, -0.25) is 9.69 Å².